The number of aromatic nitrogens is 2. The molecule has 3 rings (SSSR count). The number of anilines is 1. The van der Waals surface area contributed by atoms with Crippen LogP contribution in [-0.2, 0) is 12.5 Å². The summed E-state index contributed by atoms with van der Waals surface area (Å²) in [6, 6.07) is 8.58. The van der Waals surface area contributed by atoms with Gasteiger partial charge in [0.05, 0.1) is 10.6 Å². The highest BCUT2D eigenvalue weighted by atomic mass is 16.6. The Morgan fingerprint density at radius 2 is 1.78 bits per heavy atom. The van der Waals surface area contributed by atoms with Crippen molar-refractivity contribution in [2.45, 2.75) is 26.2 Å². The van der Waals surface area contributed by atoms with Gasteiger partial charge in [0, 0.05) is 44.7 Å². The normalized spacial score (nSPS) is 15.1. The van der Waals surface area contributed by atoms with Crippen molar-refractivity contribution in [2.24, 2.45) is 7.05 Å². The second-order valence-electron chi connectivity index (χ2n) is 7.81. The lowest BCUT2D eigenvalue weighted by molar-refractivity contribution is -0.384. The number of carbonyl (C=O) groups excluding carboxylic acids is 1. The first kappa shape index (κ1) is 18.9. The molecule has 0 spiro atoms. The Bertz CT molecular complexity index is 860. The molecule has 1 saturated heterocycles. The van der Waals surface area contributed by atoms with Crippen LogP contribution in [-0.4, -0.2) is 51.7 Å². The molecule has 2 aromatic rings. The van der Waals surface area contributed by atoms with E-state index < -0.39 is 0 Å². The summed E-state index contributed by atoms with van der Waals surface area (Å²) in [6.45, 7) is 8.34. The van der Waals surface area contributed by atoms with Gasteiger partial charge in [0.2, 0.25) is 0 Å². The van der Waals surface area contributed by atoms with E-state index in [0.29, 0.717) is 37.6 Å². The van der Waals surface area contributed by atoms with Crippen LogP contribution in [0.25, 0.3) is 0 Å². The molecule has 0 bridgehead atoms. The van der Waals surface area contributed by atoms with Gasteiger partial charge in [-0.1, -0.05) is 32.9 Å². The van der Waals surface area contributed by atoms with Gasteiger partial charge in [0.25, 0.3) is 11.6 Å². The summed E-state index contributed by atoms with van der Waals surface area (Å²) in [6.07, 6.45) is 0. The topological polar surface area (TPSA) is 84.5 Å². The van der Waals surface area contributed by atoms with Gasteiger partial charge < -0.3 is 9.80 Å². The first-order valence-electron chi connectivity index (χ1n) is 9.00. The predicted octanol–water partition coefficient (Wildman–Crippen LogP) is 2.59. The first-order chi connectivity index (χ1) is 12.7. The number of carbonyl (C=O) groups is 1. The van der Waals surface area contributed by atoms with Crippen LogP contribution in [0.1, 0.15) is 37.0 Å². The molecule has 1 aliphatic rings. The van der Waals surface area contributed by atoms with Crippen LogP contribution in [0.4, 0.5) is 11.4 Å². The van der Waals surface area contributed by atoms with Crippen LogP contribution in [0.3, 0.4) is 0 Å². The van der Waals surface area contributed by atoms with Crippen LogP contribution in [0.15, 0.2) is 30.3 Å². The van der Waals surface area contributed by atoms with Gasteiger partial charge in [-0.05, 0) is 12.1 Å². The molecule has 0 aliphatic carbocycles. The lowest BCUT2D eigenvalue weighted by Crippen LogP contribution is -2.49. The quantitative estimate of drug-likeness (QED) is 0.612. The summed E-state index contributed by atoms with van der Waals surface area (Å²) in [4.78, 5) is 27.6. The molecule has 1 aromatic carbocycles. The smallest absolute Gasteiger partial charge is 0.292 e. The van der Waals surface area contributed by atoms with Gasteiger partial charge >= 0.3 is 0 Å². The number of aryl methyl sites for hydroxylation is 1. The van der Waals surface area contributed by atoms with Crippen molar-refractivity contribution in [3.63, 3.8) is 0 Å². The largest absolute Gasteiger partial charge is 0.362 e. The van der Waals surface area contributed by atoms with Gasteiger partial charge in [-0.15, -0.1) is 0 Å². The van der Waals surface area contributed by atoms with E-state index in [-0.39, 0.29) is 21.9 Å². The van der Waals surface area contributed by atoms with Crippen LogP contribution in [0.2, 0.25) is 0 Å². The zero-order valence-electron chi connectivity index (χ0n) is 16.2. The fraction of sp³-hybridized carbons (Fsp3) is 0.474. The summed E-state index contributed by atoms with van der Waals surface area (Å²) in [5.41, 5.74) is 2.02. The van der Waals surface area contributed by atoms with Gasteiger partial charge in [0.15, 0.2) is 0 Å². The van der Waals surface area contributed by atoms with Crippen molar-refractivity contribution >= 4 is 17.3 Å². The van der Waals surface area contributed by atoms with Gasteiger partial charge in [-0.25, -0.2) is 0 Å². The maximum Gasteiger partial charge on any atom is 0.292 e. The number of hydrogen-bond donors (Lipinski definition) is 0. The highest BCUT2D eigenvalue weighted by molar-refractivity contribution is 5.93. The van der Waals surface area contributed by atoms with Crippen LogP contribution < -0.4 is 4.90 Å². The zero-order chi connectivity index (χ0) is 19.8. The number of hydrogen-bond acceptors (Lipinski definition) is 5. The van der Waals surface area contributed by atoms with Crippen molar-refractivity contribution in [2.75, 3.05) is 31.1 Å². The number of nitrogens with zero attached hydrogens (tertiary/aromatic N) is 5. The van der Waals surface area contributed by atoms with E-state index in [1.54, 1.807) is 34.8 Å². The third-order valence-corrected chi connectivity index (χ3v) is 4.85. The Hall–Kier alpha value is -2.90. The average molecular weight is 371 g/mol. The number of piperazine rings is 1. The molecule has 8 nitrogen and oxygen atoms in total. The van der Waals surface area contributed by atoms with Crippen molar-refractivity contribution in [1.29, 1.82) is 0 Å². The minimum atomic E-state index is -0.365. The van der Waals surface area contributed by atoms with E-state index in [0.717, 1.165) is 5.69 Å². The lowest BCUT2D eigenvalue weighted by Gasteiger charge is -2.35. The van der Waals surface area contributed by atoms with E-state index in [1.807, 2.05) is 11.0 Å². The average Bonchev–Trinajstić information content (AvgIpc) is 3.03. The summed E-state index contributed by atoms with van der Waals surface area (Å²) in [5, 5.41) is 15.7. The third-order valence-electron chi connectivity index (χ3n) is 4.85. The summed E-state index contributed by atoms with van der Waals surface area (Å²) < 4.78 is 1.64. The van der Waals surface area contributed by atoms with Crippen molar-refractivity contribution < 1.29 is 9.72 Å². The number of rotatable bonds is 3. The van der Waals surface area contributed by atoms with Gasteiger partial charge in [-0.2, -0.15) is 5.10 Å². The van der Waals surface area contributed by atoms with E-state index in [1.165, 1.54) is 6.07 Å². The number of amides is 1. The Morgan fingerprint density at radius 1 is 1.15 bits per heavy atom. The summed E-state index contributed by atoms with van der Waals surface area (Å²) in [7, 11) is 1.78. The van der Waals surface area contributed by atoms with Crippen molar-refractivity contribution in [3.8, 4) is 0 Å². The molecule has 0 saturated carbocycles. The molecule has 0 atom stereocenters. The third kappa shape index (κ3) is 3.79. The fourth-order valence-electron chi connectivity index (χ4n) is 3.23. The molecule has 0 radical (unpaired) electrons. The van der Waals surface area contributed by atoms with Crippen LogP contribution in [0, 0.1) is 10.1 Å². The standard InChI is InChI=1S/C19H25N5O3/c1-19(2,3)17-13-16(21(4)20-17)18(25)23-11-9-22(10-12-23)14-7-5-6-8-15(14)24(26)27/h5-8,13H,9-12H2,1-4H3. The van der Waals surface area contributed by atoms with E-state index in [4.69, 9.17) is 0 Å². The maximum absolute atomic E-state index is 12.9. The van der Waals surface area contributed by atoms with Crippen LogP contribution >= 0.6 is 0 Å². The molecule has 1 aliphatic heterocycles. The molecule has 1 fully saturated rings. The zero-order valence-corrected chi connectivity index (χ0v) is 16.2. The number of para-hydroxylation sites is 2. The highest BCUT2D eigenvalue weighted by Crippen LogP contribution is 2.28. The number of benzene rings is 1. The van der Waals surface area contributed by atoms with Crippen molar-refractivity contribution in [1.82, 2.24) is 14.7 Å². The molecule has 8 heteroatoms. The Labute approximate surface area is 158 Å². The molecule has 144 valence electrons. The molecule has 2 heterocycles. The molecule has 1 aromatic heterocycles. The molecule has 1 amide bonds. The molecule has 0 N–H and O–H groups in total. The summed E-state index contributed by atoms with van der Waals surface area (Å²) in [5.74, 6) is -0.0530. The SMILES string of the molecule is Cn1nc(C(C)(C)C)cc1C(=O)N1CCN(c2ccccc2[N+](=O)[O-])CC1. The minimum absolute atomic E-state index is 0.0530. The second kappa shape index (κ2) is 7.02. The molecule has 27 heavy (non-hydrogen) atoms. The van der Waals surface area contributed by atoms with Gasteiger partial charge in [-0.3, -0.25) is 19.6 Å². The van der Waals surface area contributed by atoms with E-state index >= 15 is 0 Å². The second-order valence-corrected chi connectivity index (χ2v) is 7.81. The minimum Gasteiger partial charge on any atom is -0.362 e. The monoisotopic (exact) mass is 371 g/mol. The van der Waals surface area contributed by atoms with Crippen LogP contribution in [0.5, 0.6) is 0 Å². The fourth-order valence-corrected chi connectivity index (χ4v) is 3.23. The Balaban J connectivity index is 1.72. The first-order valence-corrected chi connectivity index (χ1v) is 9.00. The number of nitro groups is 1. The van der Waals surface area contributed by atoms with E-state index in [2.05, 4.69) is 25.9 Å². The highest BCUT2D eigenvalue weighted by Gasteiger charge is 2.28. The Morgan fingerprint density at radius 3 is 2.33 bits per heavy atom. The predicted molar refractivity (Wildman–Crippen MR) is 103 cm³/mol. The summed E-state index contributed by atoms with van der Waals surface area (Å²) >= 11 is 0. The number of nitro benzene ring substituents is 1. The maximum atomic E-state index is 12.9. The van der Waals surface area contributed by atoms with E-state index in [9.17, 15) is 14.9 Å². The molecular weight excluding hydrogens is 346 g/mol. The molecule has 0 unspecified atom stereocenters. The molecular formula is C19H25N5O3. The van der Waals surface area contributed by atoms with Crippen molar-refractivity contribution in [3.05, 3.63) is 51.8 Å². The van der Waals surface area contributed by atoms with Gasteiger partial charge in [0.1, 0.15) is 11.4 Å². The lowest BCUT2D eigenvalue weighted by atomic mass is 9.92. The Kier molecular flexibility index (Phi) is 4.91.